The summed E-state index contributed by atoms with van der Waals surface area (Å²) in [5, 5.41) is 4.56. The molecule has 4 nitrogen and oxygen atoms in total. The van der Waals surface area contributed by atoms with Crippen molar-refractivity contribution in [3.8, 4) is 67.4 Å². The predicted molar refractivity (Wildman–Crippen MR) is 258 cm³/mol. The maximum Gasteiger partial charge on any atom is 0.162 e. The maximum absolute atomic E-state index is 5.55. The third kappa shape index (κ3) is 6.00. The van der Waals surface area contributed by atoms with Gasteiger partial charge in [0, 0.05) is 38.7 Å². The van der Waals surface area contributed by atoms with Crippen LogP contribution in [0.5, 0.6) is 0 Å². The number of hydrogen-bond acceptors (Lipinski definition) is 2. The molecule has 62 heavy (non-hydrogen) atoms. The zero-order valence-corrected chi connectivity index (χ0v) is 33.7. The maximum atomic E-state index is 5.55. The standard InChI is InChI=1S/C58H38N4/c1-5-17-39(18-6-1)41-21-15-23-45(35-41)56-55-51-38-44(43-31-33-53-50(37-43)49-29-13-14-30-52(49)61(53)47-25-9-3-10-26-47)32-34-54(51)62(48-27-11-4-12-28-48)58(55)60-57(59-56)46-24-16-22-42(36-46)40-19-7-2-8-20-40/h1-38H. The number of hydrogen-bond donors (Lipinski definition) is 0. The Morgan fingerprint density at radius 1 is 0.274 bits per heavy atom. The molecule has 3 heterocycles. The molecular formula is C58H38N4. The van der Waals surface area contributed by atoms with Gasteiger partial charge in [0.1, 0.15) is 5.65 Å². The molecule has 0 bridgehead atoms. The van der Waals surface area contributed by atoms with E-state index in [4.69, 9.17) is 9.97 Å². The van der Waals surface area contributed by atoms with E-state index in [2.05, 4.69) is 240 Å². The van der Waals surface area contributed by atoms with Gasteiger partial charge >= 0.3 is 0 Å². The van der Waals surface area contributed by atoms with Gasteiger partial charge in [-0.05, 0) is 100 Å². The molecular weight excluding hydrogens is 753 g/mol. The number of nitrogens with zero attached hydrogens (tertiary/aromatic N) is 4. The summed E-state index contributed by atoms with van der Waals surface area (Å²) in [6.45, 7) is 0. The lowest BCUT2D eigenvalue weighted by Gasteiger charge is -2.12. The number of aromatic nitrogens is 4. The van der Waals surface area contributed by atoms with Gasteiger partial charge < -0.3 is 4.57 Å². The van der Waals surface area contributed by atoms with Gasteiger partial charge in [0.05, 0.1) is 27.6 Å². The molecule has 0 N–H and O–H groups in total. The van der Waals surface area contributed by atoms with Crippen LogP contribution in [-0.2, 0) is 0 Å². The Labute approximate surface area is 359 Å². The van der Waals surface area contributed by atoms with Crippen molar-refractivity contribution in [3.63, 3.8) is 0 Å². The van der Waals surface area contributed by atoms with E-state index in [0.29, 0.717) is 5.82 Å². The third-order valence-electron chi connectivity index (χ3n) is 12.1. The molecule has 290 valence electrons. The lowest BCUT2D eigenvalue weighted by atomic mass is 9.98. The molecule has 0 aliphatic heterocycles. The minimum Gasteiger partial charge on any atom is -0.309 e. The molecule has 0 atom stereocenters. The van der Waals surface area contributed by atoms with Crippen LogP contribution >= 0.6 is 0 Å². The average Bonchev–Trinajstić information content (AvgIpc) is 3.87. The molecule has 0 fully saturated rings. The van der Waals surface area contributed by atoms with Crippen LogP contribution in [0.1, 0.15) is 0 Å². The quantitative estimate of drug-likeness (QED) is 0.161. The summed E-state index contributed by atoms with van der Waals surface area (Å²) in [6, 6.07) is 82.1. The van der Waals surface area contributed by atoms with Crippen LogP contribution in [0, 0.1) is 0 Å². The fourth-order valence-electron chi connectivity index (χ4n) is 9.21. The molecule has 0 amide bonds. The highest BCUT2D eigenvalue weighted by Gasteiger charge is 2.23. The van der Waals surface area contributed by atoms with E-state index in [0.717, 1.165) is 83.5 Å². The van der Waals surface area contributed by atoms with Crippen molar-refractivity contribution in [2.24, 2.45) is 0 Å². The van der Waals surface area contributed by atoms with Crippen LogP contribution in [0.15, 0.2) is 231 Å². The zero-order valence-electron chi connectivity index (χ0n) is 33.7. The van der Waals surface area contributed by atoms with E-state index >= 15 is 0 Å². The number of para-hydroxylation sites is 3. The van der Waals surface area contributed by atoms with Gasteiger partial charge in [0.25, 0.3) is 0 Å². The van der Waals surface area contributed by atoms with Crippen molar-refractivity contribution < 1.29 is 0 Å². The summed E-state index contributed by atoms with van der Waals surface area (Å²) < 4.78 is 4.67. The van der Waals surface area contributed by atoms with Crippen molar-refractivity contribution in [2.45, 2.75) is 0 Å². The molecule has 12 rings (SSSR count). The molecule has 0 radical (unpaired) electrons. The first-order valence-corrected chi connectivity index (χ1v) is 21.1. The van der Waals surface area contributed by atoms with Crippen molar-refractivity contribution in [2.75, 3.05) is 0 Å². The predicted octanol–water partition coefficient (Wildman–Crippen LogP) is 15.0. The Morgan fingerprint density at radius 3 is 1.37 bits per heavy atom. The van der Waals surface area contributed by atoms with Crippen LogP contribution in [-0.4, -0.2) is 19.1 Å². The Kier molecular flexibility index (Phi) is 8.46. The second-order valence-electron chi connectivity index (χ2n) is 15.8. The van der Waals surface area contributed by atoms with Crippen LogP contribution in [0.3, 0.4) is 0 Å². The minimum absolute atomic E-state index is 0.677. The number of fused-ring (bicyclic) bond motifs is 6. The first-order chi connectivity index (χ1) is 30.7. The summed E-state index contributed by atoms with van der Waals surface area (Å²) in [5.74, 6) is 0.677. The van der Waals surface area contributed by atoms with Gasteiger partial charge in [-0.2, -0.15) is 0 Å². The van der Waals surface area contributed by atoms with E-state index in [-0.39, 0.29) is 0 Å². The lowest BCUT2D eigenvalue weighted by molar-refractivity contribution is 1.11. The largest absolute Gasteiger partial charge is 0.309 e. The van der Waals surface area contributed by atoms with Gasteiger partial charge in [-0.15, -0.1) is 0 Å². The first kappa shape index (κ1) is 35.6. The first-order valence-electron chi connectivity index (χ1n) is 21.1. The van der Waals surface area contributed by atoms with Crippen molar-refractivity contribution >= 4 is 43.7 Å². The average molecular weight is 791 g/mol. The molecule has 0 aliphatic carbocycles. The molecule has 0 saturated heterocycles. The van der Waals surface area contributed by atoms with Crippen LogP contribution in [0.4, 0.5) is 0 Å². The fraction of sp³-hybridized carbons (Fsp3) is 0. The van der Waals surface area contributed by atoms with Crippen molar-refractivity contribution in [1.82, 2.24) is 19.1 Å². The molecule has 4 heteroatoms. The van der Waals surface area contributed by atoms with Crippen LogP contribution < -0.4 is 0 Å². The fourth-order valence-corrected chi connectivity index (χ4v) is 9.21. The molecule has 0 spiro atoms. The smallest absolute Gasteiger partial charge is 0.162 e. The monoisotopic (exact) mass is 790 g/mol. The molecule has 9 aromatic carbocycles. The second-order valence-corrected chi connectivity index (χ2v) is 15.8. The van der Waals surface area contributed by atoms with Crippen LogP contribution in [0.25, 0.3) is 111 Å². The van der Waals surface area contributed by atoms with Gasteiger partial charge in [0.2, 0.25) is 0 Å². The number of rotatable bonds is 7. The normalized spacial score (nSPS) is 11.5. The number of benzene rings is 9. The molecule has 3 aromatic heterocycles. The highest BCUT2D eigenvalue weighted by Crippen LogP contribution is 2.42. The summed E-state index contributed by atoms with van der Waals surface area (Å²) >= 11 is 0. The van der Waals surface area contributed by atoms with E-state index in [1.807, 2.05) is 0 Å². The van der Waals surface area contributed by atoms with Crippen molar-refractivity contribution in [3.05, 3.63) is 231 Å². The summed E-state index contributed by atoms with van der Waals surface area (Å²) in [7, 11) is 0. The van der Waals surface area contributed by atoms with Gasteiger partial charge in [-0.1, -0.05) is 164 Å². The van der Waals surface area contributed by atoms with Gasteiger partial charge in [-0.25, -0.2) is 9.97 Å². The Hall–Kier alpha value is -8.34. The van der Waals surface area contributed by atoms with E-state index < -0.39 is 0 Å². The topological polar surface area (TPSA) is 35.6 Å². The lowest BCUT2D eigenvalue weighted by Crippen LogP contribution is -1.99. The third-order valence-corrected chi connectivity index (χ3v) is 12.1. The molecule has 0 saturated carbocycles. The highest BCUT2D eigenvalue weighted by molar-refractivity contribution is 6.16. The zero-order chi connectivity index (χ0) is 41.0. The minimum atomic E-state index is 0.677. The Morgan fingerprint density at radius 2 is 0.726 bits per heavy atom. The van der Waals surface area contributed by atoms with E-state index in [1.165, 1.54) is 21.8 Å². The van der Waals surface area contributed by atoms with Gasteiger partial charge in [-0.3, -0.25) is 4.57 Å². The van der Waals surface area contributed by atoms with Gasteiger partial charge in [0.15, 0.2) is 5.82 Å². The molecule has 0 aliphatic rings. The van der Waals surface area contributed by atoms with Crippen LogP contribution in [0.2, 0.25) is 0 Å². The highest BCUT2D eigenvalue weighted by atomic mass is 15.1. The SMILES string of the molecule is c1ccc(-c2cccc(-c3nc(-c4cccc(-c5ccccc5)c4)c4c5cc(-c6ccc7c(c6)c6ccccc6n7-c6ccccc6)ccc5n(-c5ccccc5)c4n3)c2)cc1. The molecule has 12 aromatic rings. The second kappa shape index (κ2) is 14.7. The Bertz CT molecular complexity index is 3610. The molecule has 0 unspecified atom stereocenters. The summed E-state index contributed by atoms with van der Waals surface area (Å²) in [4.78, 5) is 11.1. The Balaban J connectivity index is 1.13. The summed E-state index contributed by atoms with van der Waals surface area (Å²) in [5.41, 5.74) is 16.2. The van der Waals surface area contributed by atoms with Crippen molar-refractivity contribution in [1.29, 1.82) is 0 Å². The van der Waals surface area contributed by atoms with E-state index in [9.17, 15) is 0 Å². The van der Waals surface area contributed by atoms with E-state index in [1.54, 1.807) is 0 Å². The summed E-state index contributed by atoms with van der Waals surface area (Å²) in [6.07, 6.45) is 0.